The van der Waals surface area contributed by atoms with Gasteiger partial charge in [-0.2, -0.15) is 4.57 Å². The molecule has 3 nitrogen and oxygen atoms in total. The molecule has 1 aromatic heterocycles. The Kier molecular flexibility index (Phi) is 14.4. The van der Waals surface area contributed by atoms with Crippen LogP contribution in [0, 0.1) is 116 Å². The molecule has 0 saturated heterocycles. The van der Waals surface area contributed by atoms with E-state index in [1.165, 1.54) is 0 Å². The molecule has 0 fully saturated rings. The molecule has 0 amide bonds. The van der Waals surface area contributed by atoms with E-state index >= 15 is 35.1 Å². The lowest BCUT2D eigenvalue weighted by atomic mass is 9.12. The van der Waals surface area contributed by atoms with E-state index in [1.807, 2.05) is 89.5 Å². The smallest absolute Gasteiger partial charge is 0.374 e. The molecule has 24 heteroatoms. The number of ketones is 1. The zero-order valence-electron chi connectivity index (χ0n) is 38.7. The molecular weight excluding hydrogens is 1100 g/mol. The number of carbonyl (C=O) groups excluding carboxylic acids is 1. The molecule has 0 saturated carbocycles. The second-order valence-electron chi connectivity index (χ2n) is 17.2. The molecule has 10 aromatic rings. The maximum absolute atomic E-state index is 15.4. The third kappa shape index (κ3) is 8.68. The van der Waals surface area contributed by atoms with Gasteiger partial charge in [0.25, 0.3) is 0 Å². The lowest BCUT2D eigenvalue weighted by Gasteiger charge is -2.44. The summed E-state index contributed by atoms with van der Waals surface area (Å²) in [6, 6.07) is 40.1. The van der Waals surface area contributed by atoms with E-state index in [4.69, 9.17) is 4.74 Å². The predicted molar refractivity (Wildman–Crippen MR) is 246 cm³/mol. The number of hydrogen-bond acceptors (Lipinski definition) is 2. The largest absolute Gasteiger partial charge is 0.404 e. The molecule has 79 heavy (non-hydrogen) atoms. The molecule has 0 aliphatic heterocycles. The third-order valence-electron chi connectivity index (χ3n) is 12.9. The summed E-state index contributed by atoms with van der Waals surface area (Å²) in [6.07, 6.45) is -7.22. The van der Waals surface area contributed by atoms with Gasteiger partial charge in [-0.3, -0.25) is 4.79 Å². The number of halogens is 20. The van der Waals surface area contributed by atoms with E-state index in [9.17, 15) is 57.5 Å². The monoisotopic (exact) mass is 1120 g/mol. The van der Waals surface area contributed by atoms with Crippen LogP contribution in [0.4, 0.5) is 87.8 Å². The molecule has 9 aromatic carbocycles. The van der Waals surface area contributed by atoms with Gasteiger partial charge in [-0.25, -0.2) is 87.8 Å². The van der Waals surface area contributed by atoms with Crippen molar-refractivity contribution >= 4 is 66.2 Å². The summed E-state index contributed by atoms with van der Waals surface area (Å²) in [5.41, 5.74) is -12.7. The summed E-state index contributed by atoms with van der Waals surface area (Å²) < 4.78 is 303. The number of fused-ring (bicyclic) bond motifs is 3. The number of Topliss-reactive ketones (excluding diaryl/α,β-unsaturated/α-hetero) is 1. The number of hydrogen-bond donors (Lipinski definition) is 0. The summed E-state index contributed by atoms with van der Waals surface area (Å²) in [4.78, 5) is 13.2. The standard InChI is InChI=1S/C31H22NO2.C24BF20/c33-29(23-11-2-1-3-12-23)21-32-28-17-9-6-10-22(28)18-19-30(32)34-31-26-15-7-4-13-24(26)20-25-14-5-8-16-27(25)31;26-5-1(6(27)14(35)21(42)13(5)34)25(2-7(28)15(36)22(43)16(37)8(2)29,3-9(30)17(38)23(44)18(39)10(3)31)4-11(32)19(40)24(45)20(41)12(4)33/h1-20H,21H2;/q+1;-1. The number of ether oxygens (including phenoxy) is 1. The highest BCUT2D eigenvalue weighted by atomic mass is 19.2. The van der Waals surface area contributed by atoms with E-state index in [-0.39, 0.29) is 12.3 Å². The molecule has 0 bridgehead atoms. The van der Waals surface area contributed by atoms with Crippen LogP contribution in [0.25, 0.3) is 32.4 Å². The van der Waals surface area contributed by atoms with Crippen LogP contribution in [-0.4, -0.2) is 11.9 Å². The van der Waals surface area contributed by atoms with Gasteiger partial charge in [-0.1, -0.05) is 91.0 Å². The van der Waals surface area contributed by atoms with Gasteiger partial charge >= 0.3 is 5.88 Å². The summed E-state index contributed by atoms with van der Waals surface area (Å²) in [5, 5.41) is 5.36. The molecule has 0 atom stereocenters. The van der Waals surface area contributed by atoms with E-state index in [0.717, 1.165) is 38.2 Å². The molecular formula is C55H22BF20NO2. The molecule has 0 spiro atoms. The second kappa shape index (κ2) is 20.8. The Morgan fingerprint density at radius 1 is 0.342 bits per heavy atom. The Hall–Kier alpha value is -8.96. The molecule has 10 rings (SSSR count). The van der Waals surface area contributed by atoms with E-state index in [1.54, 1.807) is 0 Å². The highest BCUT2D eigenvalue weighted by Gasteiger charge is 2.52. The SMILES string of the molecule is Fc1c(F)c(F)c([B-](c2c(F)c(F)c(F)c(F)c2F)(c2c(F)c(F)c(F)c(F)c2F)c2c(F)c(F)c(F)c(F)c2F)c(F)c1F.O=C(C[n+]1c(Oc2c3ccccc3cc3ccccc23)ccc2ccccc21)c1ccccc1. The second-order valence-corrected chi connectivity index (χ2v) is 17.2. The maximum Gasteiger partial charge on any atom is 0.374 e. The van der Waals surface area contributed by atoms with Crippen LogP contribution in [0.1, 0.15) is 10.4 Å². The first-order valence-corrected chi connectivity index (χ1v) is 22.3. The summed E-state index contributed by atoms with van der Waals surface area (Å²) in [6.45, 7) is 0.184. The molecule has 0 aliphatic carbocycles. The van der Waals surface area contributed by atoms with Gasteiger partial charge in [0.05, 0.1) is 6.07 Å². The average Bonchev–Trinajstić information content (AvgIpc) is 3.64. The number of rotatable bonds is 9. The van der Waals surface area contributed by atoms with Crippen LogP contribution in [0.5, 0.6) is 11.6 Å². The Morgan fingerprint density at radius 2 is 0.646 bits per heavy atom. The summed E-state index contributed by atoms with van der Waals surface area (Å²) in [5.74, 6) is -69.9. The highest BCUT2D eigenvalue weighted by molar-refractivity contribution is 7.20. The third-order valence-corrected chi connectivity index (χ3v) is 12.9. The molecule has 1 heterocycles. The van der Waals surface area contributed by atoms with Crippen LogP contribution >= 0.6 is 0 Å². The average molecular weight is 1120 g/mol. The van der Waals surface area contributed by atoms with Gasteiger partial charge in [0.15, 0.2) is 69.8 Å². The van der Waals surface area contributed by atoms with Crippen molar-refractivity contribution in [2.75, 3.05) is 0 Å². The quantitative estimate of drug-likeness (QED) is 0.0274. The number of para-hydroxylation sites is 1. The van der Waals surface area contributed by atoms with Crippen molar-refractivity contribution in [2.45, 2.75) is 6.54 Å². The van der Waals surface area contributed by atoms with Gasteiger partial charge in [0, 0.05) is 27.8 Å². The molecule has 0 unspecified atom stereocenters. The first-order chi connectivity index (χ1) is 37.5. The van der Waals surface area contributed by atoms with Gasteiger partial charge in [-0.05, 0) is 29.0 Å². The molecule has 0 aliphatic rings. The number of benzene rings is 9. The van der Waals surface area contributed by atoms with Crippen molar-refractivity contribution in [2.24, 2.45) is 0 Å². The Morgan fingerprint density at radius 3 is 1.01 bits per heavy atom. The zero-order chi connectivity index (χ0) is 57.3. The fraction of sp³-hybridized carbons (Fsp3) is 0.0182. The van der Waals surface area contributed by atoms with Crippen molar-refractivity contribution in [3.8, 4) is 11.6 Å². The summed E-state index contributed by atoms with van der Waals surface area (Å²) in [7, 11) is 0. The van der Waals surface area contributed by atoms with Crippen molar-refractivity contribution in [3.05, 3.63) is 243 Å². The Labute approximate surface area is 428 Å². The number of aromatic nitrogens is 1. The number of pyridine rings is 1. The predicted octanol–water partition coefficient (Wildman–Crippen LogP) is 13.0. The van der Waals surface area contributed by atoms with Gasteiger partial charge in [-0.15, -0.1) is 21.9 Å². The minimum atomic E-state index is -7.22. The fourth-order valence-corrected chi connectivity index (χ4v) is 9.42. The van der Waals surface area contributed by atoms with Crippen LogP contribution in [0.15, 0.2) is 121 Å². The van der Waals surface area contributed by atoms with E-state index < -0.39 is 144 Å². The van der Waals surface area contributed by atoms with Crippen molar-refractivity contribution in [3.63, 3.8) is 0 Å². The van der Waals surface area contributed by atoms with Gasteiger partial charge < -0.3 is 4.74 Å². The van der Waals surface area contributed by atoms with Crippen molar-refractivity contribution in [1.29, 1.82) is 0 Å². The number of carbonyl (C=O) groups is 1. The maximum atomic E-state index is 15.4. The molecule has 0 N–H and O–H groups in total. The van der Waals surface area contributed by atoms with Crippen LogP contribution in [0.3, 0.4) is 0 Å². The zero-order valence-corrected chi connectivity index (χ0v) is 38.7. The lowest BCUT2D eigenvalue weighted by Crippen LogP contribution is -2.81. The van der Waals surface area contributed by atoms with Crippen LogP contribution in [0.2, 0.25) is 0 Å². The Bertz CT molecular complexity index is 3750. The van der Waals surface area contributed by atoms with Crippen LogP contribution < -0.4 is 31.2 Å². The fourth-order valence-electron chi connectivity index (χ4n) is 9.42. The lowest BCUT2D eigenvalue weighted by molar-refractivity contribution is -0.661. The molecule has 0 radical (unpaired) electrons. The van der Waals surface area contributed by atoms with E-state index in [0.29, 0.717) is 11.4 Å². The van der Waals surface area contributed by atoms with Crippen LogP contribution in [-0.2, 0) is 6.54 Å². The summed E-state index contributed by atoms with van der Waals surface area (Å²) >= 11 is 0. The van der Waals surface area contributed by atoms with Crippen molar-refractivity contribution in [1.82, 2.24) is 0 Å². The van der Waals surface area contributed by atoms with Gasteiger partial charge in [0.1, 0.15) is 58.4 Å². The minimum Gasteiger partial charge on any atom is -0.404 e. The van der Waals surface area contributed by atoms with Crippen molar-refractivity contribution < 1.29 is 102 Å². The normalized spacial score (nSPS) is 11.6. The first kappa shape index (κ1) is 54.8. The van der Waals surface area contributed by atoms with E-state index in [2.05, 4.69) is 36.4 Å². The molecule has 402 valence electrons. The Balaban J connectivity index is 0.000000198. The topological polar surface area (TPSA) is 30.2 Å². The first-order valence-electron chi connectivity index (χ1n) is 22.3. The minimum absolute atomic E-state index is 0.0366. The van der Waals surface area contributed by atoms with Gasteiger partial charge in [0.2, 0.25) is 17.8 Å². The number of nitrogens with zero attached hydrogens (tertiary/aromatic N) is 1. The highest BCUT2D eigenvalue weighted by Crippen LogP contribution is 2.38.